The third-order valence-electron chi connectivity index (χ3n) is 3.80. The van der Waals surface area contributed by atoms with Gasteiger partial charge in [0.2, 0.25) is 0 Å². The van der Waals surface area contributed by atoms with Crippen LogP contribution in [0.2, 0.25) is 0 Å². The number of anilines is 1. The summed E-state index contributed by atoms with van der Waals surface area (Å²) >= 11 is 0. The average molecular weight is 289 g/mol. The quantitative estimate of drug-likeness (QED) is 0.731. The largest absolute Gasteiger partial charge is 0.467 e. The van der Waals surface area contributed by atoms with Crippen LogP contribution in [0.5, 0.6) is 0 Å². The van der Waals surface area contributed by atoms with Gasteiger partial charge in [-0.2, -0.15) is 5.10 Å². The Morgan fingerprint density at radius 3 is 2.64 bits per heavy atom. The van der Waals surface area contributed by atoms with Crippen LogP contribution < -0.4 is 5.01 Å². The Bertz CT molecular complexity index is 767. The Balaban J connectivity index is 1.75. The van der Waals surface area contributed by atoms with Crippen molar-refractivity contribution in [2.45, 2.75) is 12.5 Å². The van der Waals surface area contributed by atoms with Crippen LogP contribution in [0, 0.1) is 0 Å². The van der Waals surface area contributed by atoms with E-state index in [1.54, 1.807) is 12.5 Å². The van der Waals surface area contributed by atoms with E-state index in [4.69, 9.17) is 9.52 Å². The number of nitrogens with zero attached hydrogens (tertiary/aromatic N) is 3. The molecule has 0 N–H and O–H groups in total. The normalized spacial score (nSPS) is 17.5. The van der Waals surface area contributed by atoms with E-state index >= 15 is 0 Å². The van der Waals surface area contributed by atoms with Crippen molar-refractivity contribution in [2.75, 3.05) is 5.01 Å². The van der Waals surface area contributed by atoms with E-state index in [2.05, 4.69) is 17.1 Å². The maximum Gasteiger partial charge on any atom is 0.128 e. The maximum atomic E-state index is 5.62. The molecule has 1 aliphatic heterocycles. The van der Waals surface area contributed by atoms with E-state index in [-0.39, 0.29) is 6.04 Å². The third kappa shape index (κ3) is 2.29. The molecule has 4 nitrogen and oxygen atoms in total. The second-order valence-electron chi connectivity index (χ2n) is 5.20. The van der Waals surface area contributed by atoms with Crippen molar-refractivity contribution in [3.63, 3.8) is 0 Å². The van der Waals surface area contributed by atoms with Crippen molar-refractivity contribution >= 4 is 11.4 Å². The van der Waals surface area contributed by atoms with E-state index in [0.717, 1.165) is 29.1 Å². The molecule has 108 valence electrons. The summed E-state index contributed by atoms with van der Waals surface area (Å²) in [5, 5.41) is 6.84. The minimum Gasteiger partial charge on any atom is -0.467 e. The number of rotatable bonds is 3. The lowest BCUT2D eigenvalue weighted by Gasteiger charge is -2.21. The number of furan rings is 1. The smallest absolute Gasteiger partial charge is 0.128 e. The minimum atomic E-state index is 0.0765. The number of hydrogen-bond donors (Lipinski definition) is 0. The van der Waals surface area contributed by atoms with Crippen LogP contribution in [0.25, 0.3) is 0 Å². The van der Waals surface area contributed by atoms with Crippen LogP contribution in [-0.4, -0.2) is 10.7 Å². The lowest BCUT2D eigenvalue weighted by Crippen LogP contribution is -2.17. The van der Waals surface area contributed by atoms with Gasteiger partial charge in [0, 0.05) is 24.4 Å². The highest BCUT2D eigenvalue weighted by molar-refractivity contribution is 6.03. The summed E-state index contributed by atoms with van der Waals surface area (Å²) < 4.78 is 5.62. The van der Waals surface area contributed by atoms with E-state index in [0.29, 0.717) is 0 Å². The monoisotopic (exact) mass is 289 g/mol. The van der Waals surface area contributed by atoms with E-state index in [1.165, 1.54) is 0 Å². The molecule has 0 aliphatic carbocycles. The molecule has 4 heteroatoms. The highest BCUT2D eigenvalue weighted by Gasteiger charge is 2.31. The van der Waals surface area contributed by atoms with Crippen molar-refractivity contribution in [2.24, 2.45) is 5.10 Å². The molecular formula is C18H15N3O. The fourth-order valence-corrected chi connectivity index (χ4v) is 2.74. The zero-order valence-electron chi connectivity index (χ0n) is 12.0. The molecule has 0 bridgehead atoms. The lowest BCUT2D eigenvalue weighted by molar-refractivity contribution is 0.465. The Labute approximate surface area is 128 Å². The van der Waals surface area contributed by atoms with Gasteiger partial charge in [-0.05, 0) is 30.3 Å². The second-order valence-corrected chi connectivity index (χ2v) is 5.20. The van der Waals surface area contributed by atoms with Crippen LogP contribution in [0.3, 0.4) is 0 Å². The third-order valence-corrected chi connectivity index (χ3v) is 3.80. The molecule has 4 rings (SSSR count). The van der Waals surface area contributed by atoms with Crippen LogP contribution in [0.15, 0.2) is 82.8 Å². The Hall–Kier alpha value is -2.88. The van der Waals surface area contributed by atoms with Crippen LogP contribution >= 0.6 is 0 Å². The van der Waals surface area contributed by atoms with Gasteiger partial charge in [0.1, 0.15) is 11.8 Å². The summed E-state index contributed by atoms with van der Waals surface area (Å²) in [4.78, 5) is 4.19. The SMILES string of the molecule is c1ccc(N2N=C(c3cccnc3)C[C@@H]2c2ccco2)cc1. The molecule has 0 saturated heterocycles. The summed E-state index contributed by atoms with van der Waals surface area (Å²) in [5.41, 5.74) is 3.14. The zero-order chi connectivity index (χ0) is 14.8. The van der Waals surface area contributed by atoms with E-state index in [9.17, 15) is 0 Å². The molecule has 0 fully saturated rings. The number of pyridine rings is 1. The molecule has 0 amide bonds. The highest BCUT2D eigenvalue weighted by atomic mass is 16.3. The fraction of sp³-hybridized carbons (Fsp3) is 0.111. The van der Waals surface area contributed by atoms with Crippen LogP contribution in [-0.2, 0) is 0 Å². The van der Waals surface area contributed by atoms with Gasteiger partial charge in [0.15, 0.2) is 0 Å². The summed E-state index contributed by atoms with van der Waals surface area (Å²) in [6, 6.07) is 18.1. The van der Waals surface area contributed by atoms with Gasteiger partial charge in [0.05, 0.1) is 17.7 Å². The van der Waals surface area contributed by atoms with Gasteiger partial charge in [-0.15, -0.1) is 0 Å². The zero-order valence-corrected chi connectivity index (χ0v) is 12.0. The summed E-state index contributed by atoms with van der Waals surface area (Å²) in [5.74, 6) is 0.923. The molecule has 3 aromatic rings. The number of para-hydroxylation sites is 1. The Morgan fingerprint density at radius 1 is 1.00 bits per heavy atom. The van der Waals surface area contributed by atoms with Crippen LogP contribution in [0.4, 0.5) is 5.69 Å². The molecule has 0 spiro atoms. The van der Waals surface area contributed by atoms with Crippen LogP contribution in [0.1, 0.15) is 23.8 Å². The van der Waals surface area contributed by atoms with Gasteiger partial charge in [-0.1, -0.05) is 24.3 Å². The average Bonchev–Trinajstić information content (AvgIpc) is 3.26. The first-order valence-electron chi connectivity index (χ1n) is 7.27. The number of aromatic nitrogens is 1. The molecule has 1 aromatic carbocycles. The van der Waals surface area contributed by atoms with Gasteiger partial charge < -0.3 is 4.42 Å². The first-order chi connectivity index (χ1) is 10.9. The van der Waals surface area contributed by atoms with Crippen molar-refractivity contribution in [1.82, 2.24) is 4.98 Å². The van der Waals surface area contributed by atoms with E-state index < -0.39 is 0 Å². The number of hydrazone groups is 1. The van der Waals surface area contributed by atoms with Crippen molar-refractivity contribution in [3.8, 4) is 0 Å². The molecule has 22 heavy (non-hydrogen) atoms. The predicted molar refractivity (Wildman–Crippen MR) is 85.8 cm³/mol. The summed E-state index contributed by atoms with van der Waals surface area (Å²) in [6.07, 6.45) is 6.14. The first kappa shape index (κ1) is 12.8. The van der Waals surface area contributed by atoms with Gasteiger partial charge in [-0.3, -0.25) is 9.99 Å². The Kier molecular flexibility index (Phi) is 3.20. The summed E-state index contributed by atoms with van der Waals surface area (Å²) in [7, 11) is 0. The minimum absolute atomic E-state index is 0.0765. The van der Waals surface area contributed by atoms with Crippen molar-refractivity contribution < 1.29 is 4.42 Å². The lowest BCUT2D eigenvalue weighted by atomic mass is 10.0. The molecule has 1 atom stereocenters. The molecule has 3 heterocycles. The van der Waals surface area contributed by atoms with Crippen molar-refractivity contribution in [3.05, 3.63) is 84.6 Å². The predicted octanol–water partition coefficient (Wildman–Crippen LogP) is 4.03. The molecular weight excluding hydrogens is 274 g/mol. The fourth-order valence-electron chi connectivity index (χ4n) is 2.74. The highest BCUT2D eigenvalue weighted by Crippen LogP contribution is 2.36. The van der Waals surface area contributed by atoms with Gasteiger partial charge in [0.25, 0.3) is 0 Å². The van der Waals surface area contributed by atoms with Gasteiger partial charge in [-0.25, -0.2) is 0 Å². The summed E-state index contributed by atoms with van der Waals surface area (Å²) in [6.45, 7) is 0. The first-order valence-corrected chi connectivity index (χ1v) is 7.27. The number of benzene rings is 1. The van der Waals surface area contributed by atoms with Gasteiger partial charge >= 0.3 is 0 Å². The topological polar surface area (TPSA) is 41.6 Å². The standard InChI is InChI=1S/C18H15N3O/c1-2-7-15(8-3-1)21-17(18-9-5-11-22-18)12-16(20-21)14-6-4-10-19-13-14/h1-11,13,17H,12H2/t17-/m1/s1. The Morgan fingerprint density at radius 2 is 1.91 bits per heavy atom. The number of hydrogen-bond acceptors (Lipinski definition) is 4. The van der Waals surface area contributed by atoms with Crippen molar-refractivity contribution in [1.29, 1.82) is 0 Å². The molecule has 0 unspecified atom stereocenters. The van der Waals surface area contributed by atoms with E-state index in [1.807, 2.05) is 53.7 Å². The maximum absolute atomic E-state index is 5.62. The molecule has 2 aromatic heterocycles. The molecule has 0 radical (unpaired) electrons. The molecule has 0 saturated carbocycles. The molecule has 1 aliphatic rings. The second kappa shape index (κ2) is 5.48.